The Morgan fingerprint density at radius 2 is 1.67 bits per heavy atom. The third-order valence-electron chi connectivity index (χ3n) is 3.32. The number of aryl methyl sites for hydroxylation is 1. The van der Waals surface area contributed by atoms with Crippen molar-refractivity contribution in [1.82, 2.24) is 9.55 Å². The zero-order valence-electron chi connectivity index (χ0n) is 12.6. The van der Waals surface area contributed by atoms with Gasteiger partial charge in [0.05, 0.1) is 10.6 Å². The summed E-state index contributed by atoms with van der Waals surface area (Å²) in [6.07, 6.45) is 3.11. The van der Waals surface area contributed by atoms with Crippen molar-refractivity contribution < 1.29 is 8.42 Å². The highest BCUT2D eigenvalue weighted by molar-refractivity contribution is 7.92. The van der Waals surface area contributed by atoms with E-state index < -0.39 is 10.0 Å². The van der Waals surface area contributed by atoms with Gasteiger partial charge in [0, 0.05) is 22.4 Å². The molecule has 0 saturated carbocycles. The van der Waals surface area contributed by atoms with Gasteiger partial charge in [-0.1, -0.05) is 40.9 Å². The highest BCUT2D eigenvalue weighted by Gasteiger charge is 2.17. The quantitative estimate of drug-likeness (QED) is 0.732. The minimum atomic E-state index is -3.75. The van der Waals surface area contributed by atoms with Crippen LogP contribution >= 0.6 is 23.2 Å². The van der Waals surface area contributed by atoms with Gasteiger partial charge in [0.1, 0.15) is 0 Å². The van der Waals surface area contributed by atoms with Crippen LogP contribution in [0.4, 0.5) is 5.95 Å². The third-order valence-corrected chi connectivity index (χ3v) is 5.10. The maximum atomic E-state index is 12.5. The van der Waals surface area contributed by atoms with Gasteiger partial charge in [0.2, 0.25) is 5.95 Å². The summed E-state index contributed by atoms with van der Waals surface area (Å²) in [5.74, 6) is 0.147. The Balaban J connectivity index is 1.97. The molecule has 1 N–H and O–H groups in total. The lowest BCUT2D eigenvalue weighted by Gasteiger charge is -2.11. The molecule has 0 aliphatic rings. The molecule has 24 heavy (non-hydrogen) atoms. The molecule has 0 bridgehead atoms. The van der Waals surface area contributed by atoms with Crippen molar-refractivity contribution in [1.29, 1.82) is 0 Å². The van der Waals surface area contributed by atoms with Crippen LogP contribution in [0.15, 0.2) is 59.8 Å². The second-order valence-electron chi connectivity index (χ2n) is 5.17. The van der Waals surface area contributed by atoms with Gasteiger partial charge in [-0.25, -0.2) is 18.1 Å². The summed E-state index contributed by atoms with van der Waals surface area (Å²) < 4.78 is 29.1. The smallest absolute Gasteiger partial charge is 0.264 e. The number of hydrogen-bond donors (Lipinski definition) is 1. The van der Waals surface area contributed by atoms with Crippen LogP contribution in [0.5, 0.6) is 0 Å². The van der Waals surface area contributed by atoms with E-state index in [0.29, 0.717) is 15.7 Å². The minimum absolute atomic E-state index is 0.147. The topological polar surface area (TPSA) is 64.0 Å². The summed E-state index contributed by atoms with van der Waals surface area (Å²) in [6.45, 7) is 1.89. The first-order chi connectivity index (χ1) is 11.3. The Hall–Kier alpha value is -2.02. The van der Waals surface area contributed by atoms with E-state index >= 15 is 0 Å². The number of rotatable bonds is 4. The molecule has 0 fully saturated rings. The summed E-state index contributed by atoms with van der Waals surface area (Å²) in [5, 5.41) is 0.886. The Labute approximate surface area is 149 Å². The molecule has 0 aliphatic carbocycles. The summed E-state index contributed by atoms with van der Waals surface area (Å²) >= 11 is 12.0. The average Bonchev–Trinajstić information content (AvgIpc) is 2.94. The first-order valence-corrected chi connectivity index (χ1v) is 9.18. The Kier molecular flexibility index (Phi) is 4.54. The highest BCUT2D eigenvalue weighted by Crippen LogP contribution is 2.25. The van der Waals surface area contributed by atoms with Crippen molar-refractivity contribution in [2.24, 2.45) is 0 Å². The Bertz CT molecular complexity index is 963. The van der Waals surface area contributed by atoms with E-state index in [4.69, 9.17) is 23.2 Å². The molecule has 8 heteroatoms. The zero-order valence-corrected chi connectivity index (χ0v) is 14.9. The highest BCUT2D eigenvalue weighted by atomic mass is 35.5. The Morgan fingerprint density at radius 3 is 2.29 bits per heavy atom. The fourth-order valence-electron chi connectivity index (χ4n) is 2.16. The lowest BCUT2D eigenvalue weighted by molar-refractivity contribution is 0.600. The zero-order chi connectivity index (χ0) is 17.3. The van der Waals surface area contributed by atoms with E-state index in [1.165, 1.54) is 6.20 Å². The molecule has 3 aromatic rings. The molecule has 0 aliphatic heterocycles. The molecule has 0 unspecified atom stereocenters. The molecule has 3 rings (SSSR count). The normalized spacial score (nSPS) is 11.5. The SMILES string of the molecule is Cc1ccc(S(=O)(=O)Nc2nccn2-c2cc(Cl)cc(Cl)c2)cc1. The van der Waals surface area contributed by atoms with Crippen molar-refractivity contribution in [3.63, 3.8) is 0 Å². The number of hydrogen-bond acceptors (Lipinski definition) is 3. The predicted molar refractivity (Wildman–Crippen MR) is 95.6 cm³/mol. The molecule has 0 saturated heterocycles. The largest absolute Gasteiger partial charge is 0.285 e. The first-order valence-electron chi connectivity index (χ1n) is 6.94. The lowest BCUT2D eigenvalue weighted by atomic mass is 10.2. The van der Waals surface area contributed by atoms with Gasteiger partial charge >= 0.3 is 0 Å². The molecule has 0 radical (unpaired) electrons. The van der Waals surface area contributed by atoms with Crippen LogP contribution in [0.25, 0.3) is 5.69 Å². The number of sulfonamides is 1. The first kappa shape index (κ1) is 16.8. The minimum Gasteiger partial charge on any atom is -0.285 e. The number of aromatic nitrogens is 2. The molecule has 0 atom stereocenters. The van der Waals surface area contributed by atoms with E-state index in [-0.39, 0.29) is 10.8 Å². The van der Waals surface area contributed by atoms with Crippen molar-refractivity contribution in [2.45, 2.75) is 11.8 Å². The van der Waals surface area contributed by atoms with Crippen LogP contribution < -0.4 is 4.72 Å². The van der Waals surface area contributed by atoms with Gasteiger partial charge in [-0.2, -0.15) is 0 Å². The van der Waals surface area contributed by atoms with Crippen LogP contribution in [0.3, 0.4) is 0 Å². The van der Waals surface area contributed by atoms with Gasteiger partial charge < -0.3 is 0 Å². The van der Waals surface area contributed by atoms with Crippen molar-refractivity contribution in [3.8, 4) is 5.69 Å². The summed E-state index contributed by atoms with van der Waals surface area (Å²) in [5.41, 5.74) is 1.58. The number of imidazole rings is 1. The second-order valence-corrected chi connectivity index (χ2v) is 7.72. The van der Waals surface area contributed by atoms with Gasteiger partial charge in [0.15, 0.2) is 0 Å². The fraction of sp³-hybridized carbons (Fsp3) is 0.0625. The van der Waals surface area contributed by atoms with Crippen LogP contribution in [0.2, 0.25) is 10.0 Å². The van der Waals surface area contributed by atoms with Gasteiger partial charge in [-0.3, -0.25) is 4.57 Å². The number of benzene rings is 2. The molecule has 0 spiro atoms. The van der Waals surface area contributed by atoms with E-state index in [9.17, 15) is 8.42 Å². The molecule has 2 aromatic carbocycles. The van der Waals surface area contributed by atoms with Gasteiger partial charge in [0.25, 0.3) is 10.0 Å². The van der Waals surface area contributed by atoms with Crippen molar-refractivity contribution >= 4 is 39.2 Å². The Morgan fingerprint density at radius 1 is 1.04 bits per heavy atom. The number of nitrogens with one attached hydrogen (secondary N) is 1. The van der Waals surface area contributed by atoms with Crippen LogP contribution in [-0.4, -0.2) is 18.0 Å². The lowest BCUT2D eigenvalue weighted by Crippen LogP contribution is -2.16. The molecular weight excluding hydrogens is 369 g/mol. The summed E-state index contributed by atoms with van der Waals surface area (Å²) in [6, 6.07) is 11.5. The third kappa shape index (κ3) is 3.56. The molecule has 0 amide bonds. The van der Waals surface area contributed by atoms with Crippen molar-refractivity contribution in [3.05, 3.63) is 70.5 Å². The standard InChI is InChI=1S/C16H13Cl2N3O2S/c1-11-2-4-15(5-3-11)24(22,23)20-16-19-6-7-21(16)14-9-12(17)8-13(18)10-14/h2-10H,1H3,(H,19,20). The maximum Gasteiger partial charge on any atom is 0.264 e. The molecular formula is C16H13Cl2N3O2S. The second kappa shape index (κ2) is 6.47. The molecule has 124 valence electrons. The van der Waals surface area contributed by atoms with E-state index in [1.54, 1.807) is 53.2 Å². The monoisotopic (exact) mass is 381 g/mol. The van der Waals surface area contributed by atoms with Crippen LogP contribution in [0.1, 0.15) is 5.56 Å². The summed E-state index contributed by atoms with van der Waals surface area (Å²) in [4.78, 5) is 4.23. The van der Waals surface area contributed by atoms with Gasteiger partial charge in [-0.15, -0.1) is 0 Å². The molecule has 1 heterocycles. The maximum absolute atomic E-state index is 12.5. The van der Waals surface area contributed by atoms with E-state index in [2.05, 4.69) is 9.71 Å². The van der Waals surface area contributed by atoms with Crippen molar-refractivity contribution in [2.75, 3.05) is 4.72 Å². The number of anilines is 1. The fourth-order valence-corrected chi connectivity index (χ4v) is 3.68. The van der Waals surface area contributed by atoms with Gasteiger partial charge in [-0.05, 0) is 37.3 Å². The number of nitrogens with zero attached hydrogens (tertiary/aromatic N) is 2. The van der Waals surface area contributed by atoms with E-state index in [0.717, 1.165) is 5.56 Å². The number of halogens is 2. The van der Waals surface area contributed by atoms with E-state index in [1.807, 2.05) is 6.92 Å². The molecule has 1 aromatic heterocycles. The van der Waals surface area contributed by atoms with Crippen LogP contribution in [-0.2, 0) is 10.0 Å². The average molecular weight is 382 g/mol. The molecule has 5 nitrogen and oxygen atoms in total. The predicted octanol–water partition coefficient (Wildman–Crippen LogP) is 4.29. The van der Waals surface area contributed by atoms with Crippen LogP contribution in [0, 0.1) is 6.92 Å². The summed E-state index contributed by atoms with van der Waals surface area (Å²) in [7, 11) is -3.75.